The summed E-state index contributed by atoms with van der Waals surface area (Å²) in [4.78, 5) is 15.5. The van der Waals surface area contributed by atoms with Crippen molar-refractivity contribution in [2.75, 3.05) is 17.5 Å². The number of aliphatic carboxylic acids is 1. The molecular formula is C25H25N2O6S-. The topological polar surface area (TPSA) is 112 Å². The van der Waals surface area contributed by atoms with E-state index in [1.807, 2.05) is 37.3 Å². The highest BCUT2D eigenvalue weighted by molar-refractivity contribution is 7.80. The lowest BCUT2D eigenvalue weighted by Gasteiger charge is -2.38. The van der Waals surface area contributed by atoms with Gasteiger partial charge in [0, 0.05) is 16.8 Å². The number of pyridine rings is 1. The van der Waals surface area contributed by atoms with Crippen LogP contribution in [0.15, 0.2) is 60.8 Å². The zero-order chi connectivity index (χ0) is 24.1. The smallest absolute Gasteiger partial charge is 0.341 e. The zero-order valence-electron chi connectivity index (χ0n) is 18.7. The summed E-state index contributed by atoms with van der Waals surface area (Å²) in [5.41, 5.74) is 3.68. The molecule has 1 aliphatic rings. The van der Waals surface area contributed by atoms with Gasteiger partial charge in [0.25, 0.3) is 0 Å². The predicted octanol–water partition coefficient (Wildman–Crippen LogP) is 4.29. The average molecular weight is 482 g/mol. The number of carboxylic acids is 1. The second-order valence-corrected chi connectivity index (χ2v) is 8.65. The van der Waals surface area contributed by atoms with E-state index in [1.54, 1.807) is 30.5 Å². The highest BCUT2D eigenvalue weighted by atomic mass is 32.2. The molecule has 1 aliphatic carbocycles. The SMILES string of the molecule is CCOc1cccc(-c2ccc(N(C3CCCc4c(OCC(=O)O)cccc43)S(=O)[O-])cn2)c1. The predicted molar refractivity (Wildman–Crippen MR) is 127 cm³/mol. The van der Waals surface area contributed by atoms with E-state index in [0.717, 1.165) is 28.9 Å². The number of ether oxygens (including phenoxy) is 2. The van der Waals surface area contributed by atoms with E-state index in [0.29, 0.717) is 36.6 Å². The fraction of sp³-hybridized carbons (Fsp3) is 0.280. The fourth-order valence-corrected chi connectivity index (χ4v) is 4.98. The molecule has 34 heavy (non-hydrogen) atoms. The molecule has 3 aromatic rings. The first-order chi connectivity index (χ1) is 16.5. The van der Waals surface area contributed by atoms with Gasteiger partial charge in [0.2, 0.25) is 0 Å². The number of nitrogens with zero attached hydrogens (tertiary/aromatic N) is 2. The van der Waals surface area contributed by atoms with Crippen LogP contribution in [0.5, 0.6) is 11.5 Å². The zero-order valence-corrected chi connectivity index (χ0v) is 19.5. The summed E-state index contributed by atoms with van der Waals surface area (Å²) in [5, 5.41) is 8.96. The highest BCUT2D eigenvalue weighted by Gasteiger charge is 2.29. The second-order valence-electron chi connectivity index (χ2n) is 7.82. The summed E-state index contributed by atoms with van der Waals surface area (Å²) < 4.78 is 37.0. The molecule has 2 unspecified atom stereocenters. The van der Waals surface area contributed by atoms with Gasteiger partial charge >= 0.3 is 5.97 Å². The van der Waals surface area contributed by atoms with Gasteiger partial charge in [-0.25, -0.2) is 4.79 Å². The van der Waals surface area contributed by atoms with E-state index in [1.165, 1.54) is 4.31 Å². The van der Waals surface area contributed by atoms with Gasteiger partial charge in [0.05, 0.1) is 30.2 Å². The number of fused-ring (bicyclic) bond motifs is 1. The fourth-order valence-electron chi connectivity index (χ4n) is 4.28. The number of anilines is 1. The van der Waals surface area contributed by atoms with Crippen LogP contribution in [0, 0.1) is 0 Å². The minimum absolute atomic E-state index is 0.440. The third-order valence-corrected chi connectivity index (χ3v) is 6.46. The van der Waals surface area contributed by atoms with Gasteiger partial charge in [-0.2, -0.15) is 0 Å². The Labute approximate surface area is 200 Å². The van der Waals surface area contributed by atoms with Gasteiger partial charge < -0.3 is 19.1 Å². The summed E-state index contributed by atoms with van der Waals surface area (Å²) in [6.45, 7) is 2.03. The number of rotatable bonds is 9. The van der Waals surface area contributed by atoms with Crippen LogP contribution in [0.25, 0.3) is 11.3 Å². The lowest BCUT2D eigenvalue weighted by atomic mass is 9.87. The Morgan fingerprint density at radius 1 is 1.21 bits per heavy atom. The van der Waals surface area contributed by atoms with Crippen molar-refractivity contribution in [1.29, 1.82) is 0 Å². The van der Waals surface area contributed by atoms with Crippen LogP contribution in [0.3, 0.4) is 0 Å². The number of carbonyl (C=O) groups is 1. The third kappa shape index (κ3) is 5.21. The lowest BCUT2D eigenvalue weighted by Crippen LogP contribution is -2.33. The minimum atomic E-state index is -2.55. The average Bonchev–Trinajstić information content (AvgIpc) is 2.83. The normalized spacial score (nSPS) is 15.8. The molecule has 0 radical (unpaired) electrons. The van der Waals surface area contributed by atoms with E-state index in [4.69, 9.17) is 14.6 Å². The monoisotopic (exact) mass is 481 g/mol. The summed E-state index contributed by atoms with van der Waals surface area (Å²) in [6, 6.07) is 16.0. The number of carboxylic acid groups (broad SMARTS) is 1. The molecule has 4 rings (SSSR count). The molecule has 0 bridgehead atoms. The quantitative estimate of drug-likeness (QED) is 0.454. The summed E-state index contributed by atoms with van der Waals surface area (Å²) in [7, 11) is 0. The minimum Gasteiger partial charge on any atom is -0.755 e. The molecule has 0 saturated carbocycles. The van der Waals surface area contributed by atoms with Crippen LogP contribution in [0.1, 0.15) is 36.9 Å². The molecule has 0 saturated heterocycles. The van der Waals surface area contributed by atoms with Crippen LogP contribution >= 0.6 is 0 Å². The molecule has 1 heterocycles. The largest absolute Gasteiger partial charge is 0.755 e. The van der Waals surface area contributed by atoms with Crippen molar-refractivity contribution in [3.05, 3.63) is 71.9 Å². The first-order valence-electron chi connectivity index (χ1n) is 11.0. The van der Waals surface area contributed by atoms with Gasteiger partial charge in [-0.3, -0.25) is 13.5 Å². The molecular weight excluding hydrogens is 456 g/mol. The van der Waals surface area contributed by atoms with Crippen molar-refractivity contribution >= 4 is 22.9 Å². The van der Waals surface area contributed by atoms with Crippen molar-refractivity contribution in [2.45, 2.75) is 32.2 Å². The summed E-state index contributed by atoms with van der Waals surface area (Å²) in [6.07, 6.45) is 3.61. The van der Waals surface area contributed by atoms with E-state index in [9.17, 15) is 13.6 Å². The first kappa shape index (κ1) is 23.7. The standard InChI is InChI=1S/C25H26N2O6S/c1-2-32-19-7-3-6-17(14-19)22-13-12-18(15-26-22)27(34(30)31)23-10-4-9-21-20(23)8-5-11-24(21)33-16-25(28)29/h3,5-8,11-15,23H,2,4,9-10,16H2,1H3,(H,28,29)(H,30,31)/p-1. The number of hydrogen-bond donors (Lipinski definition) is 1. The maximum atomic E-state index is 12.4. The van der Waals surface area contributed by atoms with Crippen molar-refractivity contribution in [3.8, 4) is 22.8 Å². The molecule has 178 valence electrons. The number of aromatic nitrogens is 1. The Bertz CT molecular complexity index is 1180. The van der Waals surface area contributed by atoms with Crippen LogP contribution in [0.4, 0.5) is 5.69 Å². The Hall–Kier alpha value is -3.43. The maximum absolute atomic E-state index is 12.4. The molecule has 0 fully saturated rings. The van der Waals surface area contributed by atoms with Crippen molar-refractivity contribution < 1.29 is 28.1 Å². The van der Waals surface area contributed by atoms with E-state index in [-0.39, 0.29) is 0 Å². The molecule has 2 atom stereocenters. The molecule has 0 amide bonds. The van der Waals surface area contributed by atoms with Gasteiger partial charge in [0.15, 0.2) is 6.61 Å². The second kappa shape index (κ2) is 10.7. The molecule has 1 N–H and O–H groups in total. The van der Waals surface area contributed by atoms with Crippen LogP contribution in [0.2, 0.25) is 0 Å². The van der Waals surface area contributed by atoms with Gasteiger partial charge in [-0.05, 0) is 67.6 Å². The van der Waals surface area contributed by atoms with E-state index in [2.05, 4.69) is 4.98 Å². The maximum Gasteiger partial charge on any atom is 0.341 e. The van der Waals surface area contributed by atoms with Gasteiger partial charge in [-0.1, -0.05) is 24.3 Å². The Morgan fingerprint density at radius 2 is 2.03 bits per heavy atom. The molecule has 9 heteroatoms. The first-order valence-corrected chi connectivity index (χ1v) is 12.1. The Morgan fingerprint density at radius 3 is 2.74 bits per heavy atom. The van der Waals surface area contributed by atoms with Crippen molar-refractivity contribution in [3.63, 3.8) is 0 Å². The van der Waals surface area contributed by atoms with Gasteiger partial charge in [0.1, 0.15) is 11.5 Å². The number of hydrogen-bond acceptors (Lipinski definition) is 6. The van der Waals surface area contributed by atoms with E-state index >= 15 is 0 Å². The molecule has 8 nitrogen and oxygen atoms in total. The molecule has 1 aromatic heterocycles. The third-order valence-electron chi connectivity index (χ3n) is 5.67. The number of benzene rings is 2. The van der Waals surface area contributed by atoms with Crippen molar-refractivity contribution in [2.24, 2.45) is 0 Å². The molecule has 2 aromatic carbocycles. The van der Waals surface area contributed by atoms with Crippen LogP contribution in [-0.4, -0.2) is 38.0 Å². The van der Waals surface area contributed by atoms with Gasteiger partial charge in [-0.15, -0.1) is 0 Å². The summed E-state index contributed by atoms with van der Waals surface area (Å²) in [5.74, 6) is 0.155. The van der Waals surface area contributed by atoms with Crippen molar-refractivity contribution in [1.82, 2.24) is 4.98 Å². The lowest BCUT2D eigenvalue weighted by molar-refractivity contribution is -0.139. The summed E-state index contributed by atoms with van der Waals surface area (Å²) >= 11 is -2.55. The Kier molecular flexibility index (Phi) is 7.44. The van der Waals surface area contributed by atoms with Crippen LogP contribution in [-0.2, 0) is 22.5 Å². The van der Waals surface area contributed by atoms with Crippen LogP contribution < -0.4 is 13.8 Å². The molecule has 0 spiro atoms. The highest BCUT2D eigenvalue weighted by Crippen LogP contribution is 2.41. The Balaban J connectivity index is 1.64. The molecule has 0 aliphatic heterocycles. The van der Waals surface area contributed by atoms with E-state index < -0.39 is 29.9 Å².